The Morgan fingerprint density at radius 1 is 1.54 bits per heavy atom. The molecule has 0 aliphatic rings. The van der Waals surface area contributed by atoms with E-state index >= 15 is 0 Å². The highest BCUT2D eigenvalue weighted by molar-refractivity contribution is 5.38. The number of rotatable bonds is 3. The fourth-order valence-electron chi connectivity index (χ4n) is 1.25. The molecule has 68 valence electrons. The summed E-state index contributed by atoms with van der Waals surface area (Å²) in [5.74, 6) is 0. The van der Waals surface area contributed by atoms with Gasteiger partial charge in [0, 0.05) is 31.4 Å². The molecule has 0 spiro atoms. The summed E-state index contributed by atoms with van der Waals surface area (Å²) in [5.41, 5.74) is 1.99. The maximum atomic E-state index is 4.36. The lowest BCUT2D eigenvalue weighted by atomic mass is 10.3. The van der Waals surface area contributed by atoms with Crippen molar-refractivity contribution in [2.24, 2.45) is 0 Å². The normalized spacial score (nSPS) is 10.8. The first-order chi connectivity index (χ1) is 6.40. The zero-order chi connectivity index (χ0) is 9.10. The summed E-state index contributed by atoms with van der Waals surface area (Å²) in [6.45, 7) is 0.948. The minimum atomic E-state index is 0.911. The van der Waals surface area contributed by atoms with Crippen LogP contribution in [0.4, 0.5) is 0 Å². The summed E-state index contributed by atoms with van der Waals surface area (Å²) in [5, 5.41) is 7.46. The van der Waals surface area contributed by atoms with Gasteiger partial charge in [0.15, 0.2) is 5.65 Å². The van der Waals surface area contributed by atoms with Crippen LogP contribution in [0.5, 0.6) is 0 Å². The molecule has 1 N–H and O–H groups in total. The summed E-state index contributed by atoms with van der Waals surface area (Å²) in [6.07, 6.45) is 4.63. The van der Waals surface area contributed by atoms with Crippen LogP contribution in [0.25, 0.3) is 5.65 Å². The zero-order valence-corrected chi connectivity index (χ0v) is 7.57. The van der Waals surface area contributed by atoms with E-state index in [-0.39, 0.29) is 0 Å². The molecule has 4 nitrogen and oxygen atoms in total. The first-order valence-corrected chi connectivity index (χ1v) is 4.34. The number of aromatic nitrogens is 3. The second kappa shape index (κ2) is 3.53. The molecule has 0 atom stereocenters. The minimum absolute atomic E-state index is 0.911. The first kappa shape index (κ1) is 8.19. The number of nitrogens with zero attached hydrogens (tertiary/aromatic N) is 3. The van der Waals surface area contributed by atoms with E-state index in [0.29, 0.717) is 0 Å². The molecule has 0 saturated carbocycles. The molecular weight excluding hydrogens is 164 g/mol. The van der Waals surface area contributed by atoms with Gasteiger partial charge in [-0.2, -0.15) is 5.10 Å². The highest BCUT2D eigenvalue weighted by Crippen LogP contribution is 2.02. The van der Waals surface area contributed by atoms with Crippen molar-refractivity contribution in [1.82, 2.24) is 19.9 Å². The predicted molar refractivity (Wildman–Crippen MR) is 50.6 cm³/mol. The van der Waals surface area contributed by atoms with Gasteiger partial charge in [-0.3, -0.25) is 0 Å². The third-order valence-corrected chi connectivity index (χ3v) is 1.92. The predicted octanol–water partition coefficient (Wildman–Crippen LogP) is 0.491. The van der Waals surface area contributed by atoms with E-state index in [1.807, 2.05) is 25.4 Å². The molecule has 2 aromatic heterocycles. The van der Waals surface area contributed by atoms with Gasteiger partial charge >= 0.3 is 0 Å². The summed E-state index contributed by atoms with van der Waals surface area (Å²) in [6, 6.07) is 3.89. The Morgan fingerprint density at radius 2 is 2.46 bits per heavy atom. The van der Waals surface area contributed by atoms with Gasteiger partial charge in [0.2, 0.25) is 0 Å². The van der Waals surface area contributed by atoms with Crippen LogP contribution in [0, 0.1) is 0 Å². The van der Waals surface area contributed by atoms with Crippen LogP contribution in [0.2, 0.25) is 0 Å². The summed E-state index contributed by atoms with van der Waals surface area (Å²) in [7, 11) is 1.94. The van der Waals surface area contributed by atoms with Gasteiger partial charge in [-0.1, -0.05) is 0 Å². The molecule has 0 amide bonds. The van der Waals surface area contributed by atoms with Crippen molar-refractivity contribution < 1.29 is 0 Å². The lowest BCUT2D eigenvalue weighted by Crippen LogP contribution is -2.10. The van der Waals surface area contributed by atoms with Crippen molar-refractivity contribution in [2.75, 3.05) is 13.6 Å². The summed E-state index contributed by atoms with van der Waals surface area (Å²) in [4.78, 5) is 4.19. The second-order valence-corrected chi connectivity index (χ2v) is 2.91. The largest absolute Gasteiger partial charge is 0.319 e. The molecule has 2 rings (SSSR count). The topological polar surface area (TPSA) is 42.2 Å². The molecule has 0 saturated heterocycles. The number of hydrogen-bond donors (Lipinski definition) is 1. The average Bonchev–Trinajstić information content (AvgIpc) is 2.57. The highest BCUT2D eigenvalue weighted by Gasteiger charge is 1.99. The number of nitrogens with one attached hydrogen (secondary N) is 1. The molecule has 0 fully saturated rings. The second-order valence-electron chi connectivity index (χ2n) is 2.91. The van der Waals surface area contributed by atoms with Crippen LogP contribution in [-0.4, -0.2) is 28.2 Å². The van der Waals surface area contributed by atoms with Crippen molar-refractivity contribution in [3.63, 3.8) is 0 Å². The van der Waals surface area contributed by atoms with Crippen molar-refractivity contribution in [3.8, 4) is 0 Å². The van der Waals surface area contributed by atoms with Gasteiger partial charge in [0.05, 0.1) is 5.69 Å². The van der Waals surface area contributed by atoms with E-state index in [1.54, 1.807) is 10.7 Å². The molecule has 0 aliphatic heterocycles. The van der Waals surface area contributed by atoms with E-state index < -0.39 is 0 Å². The Labute approximate surface area is 76.6 Å². The van der Waals surface area contributed by atoms with Crippen molar-refractivity contribution in [1.29, 1.82) is 0 Å². The molecule has 0 aliphatic carbocycles. The smallest absolute Gasteiger partial charge is 0.155 e. The molecule has 0 unspecified atom stereocenters. The Kier molecular flexibility index (Phi) is 2.23. The van der Waals surface area contributed by atoms with E-state index in [1.165, 1.54) is 0 Å². The van der Waals surface area contributed by atoms with Crippen LogP contribution in [0.15, 0.2) is 24.5 Å². The molecule has 2 aromatic rings. The van der Waals surface area contributed by atoms with Gasteiger partial charge in [-0.15, -0.1) is 0 Å². The van der Waals surface area contributed by atoms with Crippen LogP contribution in [-0.2, 0) is 6.42 Å². The number of fused-ring (bicyclic) bond motifs is 1. The average molecular weight is 176 g/mol. The maximum absolute atomic E-state index is 4.36. The van der Waals surface area contributed by atoms with E-state index in [0.717, 1.165) is 24.3 Å². The fourth-order valence-corrected chi connectivity index (χ4v) is 1.25. The van der Waals surface area contributed by atoms with Crippen molar-refractivity contribution in [2.45, 2.75) is 6.42 Å². The molecule has 4 heteroatoms. The van der Waals surface area contributed by atoms with Gasteiger partial charge in [-0.25, -0.2) is 9.50 Å². The maximum Gasteiger partial charge on any atom is 0.155 e. The Bertz CT molecular complexity index is 360. The van der Waals surface area contributed by atoms with Gasteiger partial charge in [0.25, 0.3) is 0 Å². The summed E-state index contributed by atoms with van der Waals surface area (Å²) < 4.78 is 1.80. The zero-order valence-electron chi connectivity index (χ0n) is 7.57. The van der Waals surface area contributed by atoms with E-state index in [9.17, 15) is 0 Å². The lowest BCUT2D eigenvalue weighted by Gasteiger charge is -1.92. The highest BCUT2D eigenvalue weighted by atomic mass is 15.2. The molecule has 0 bridgehead atoms. The standard InChI is InChI=1S/C9H12N4/c1-10-5-3-8-7-9-11-4-2-6-13(9)12-8/h2,4,6-7,10H,3,5H2,1H3. The molecule has 0 radical (unpaired) electrons. The third kappa shape index (κ3) is 1.67. The van der Waals surface area contributed by atoms with Gasteiger partial charge in [-0.05, 0) is 13.1 Å². The molecular formula is C9H12N4. The summed E-state index contributed by atoms with van der Waals surface area (Å²) >= 11 is 0. The monoisotopic (exact) mass is 176 g/mol. The van der Waals surface area contributed by atoms with Crippen LogP contribution in [0.1, 0.15) is 5.69 Å². The molecule has 13 heavy (non-hydrogen) atoms. The number of likely N-dealkylation sites (N-methyl/N-ethyl adjacent to an activating group) is 1. The Morgan fingerprint density at radius 3 is 3.23 bits per heavy atom. The first-order valence-electron chi connectivity index (χ1n) is 4.34. The van der Waals surface area contributed by atoms with Crippen molar-refractivity contribution in [3.05, 3.63) is 30.2 Å². The van der Waals surface area contributed by atoms with Crippen LogP contribution < -0.4 is 5.32 Å². The van der Waals surface area contributed by atoms with Gasteiger partial charge in [0.1, 0.15) is 0 Å². The number of hydrogen-bond acceptors (Lipinski definition) is 3. The Hall–Kier alpha value is -1.42. The molecule has 0 aromatic carbocycles. The van der Waals surface area contributed by atoms with E-state index in [4.69, 9.17) is 0 Å². The fraction of sp³-hybridized carbons (Fsp3) is 0.333. The van der Waals surface area contributed by atoms with Crippen LogP contribution in [0.3, 0.4) is 0 Å². The van der Waals surface area contributed by atoms with Crippen molar-refractivity contribution >= 4 is 5.65 Å². The SMILES string of the molecule is CNCCc1cc2ncccn2n1. The van der Waals surface area contributed by atoms with E-state index in [2.05, 4.69) is 15.4 Å². The van der Waals surface area contributed by atoms with Crippen LogP contribution >= 0.6 is 0 Å². The minimum Gasteiger partial charge on any atom is -0.319 e. The molecule has 2 heterocycles. The quantitative estimate of drug-likeness (QED) is 0.740. The Balaban J connectivity index is 2.28. The third-order valence-electron chi connectivity index (χ3n) is 1.92. The lowest BCUT2D eigenvalue weighted by molar-refractivity contribution is 0.763. The van der Waals surface area contributed by atoms with Gasteiger partial charge < -0.3 is 5.32 Å².